The molecule has 3 heterocycles. The van der Waals surface area contributed by atoms with Crippen molar-refractivity contribution in [1.29, 1.82) is 0 Å². The second-order valence-corrected chi connectivity index (χ2v) is 16.6. The van der Waals surface area contributed by atoms with E-state index in [-0.39, 0.29) is 63.2 Å². The van der Waals surface area contributed by atoms with Gasteiger partial charge in [-0.1, -0.05) is 37.5 Å². The van der Waals surface area contributed by atoms with E-state index in [2.05, 4.69) is 26.3 Å². The Morgan fingerprint density at radius 2 is 1.70 bits per heavy atom. The Bertz CT molecular complexity index is 2150. The third-order valence-corrected chi connectivity index (χ3v) is 11.1. The van der Waals surface area contributed by atoms with E-state index >= 15 is 0 Å². The third kappa shape index (κ3) is 12.6. The molecule has 0 radical (unpaired) electrons. The summed E-state index contributed by atoms with van der Waals surface area (Å²) in [6, 6.07) is 6.86. The van der Waals surface area contributed by atoms with Gasteiger partial charge in [-0.25, -0.2) is 20.1 Å². The van der Waals surface area contributed by atoms with E-state index in [0.717, 1.165) is 5.56 Å². The number of hydrogen-bond acceptors (Lipinski definition) is 13. The first-order chi connectivity index (χ1) is 30.4. The number of hydrazine groups is 1. The van der Waals surface area contributed by atoms with Crippen LogP contribution in [0.4, 0.5) is 11.4 Å². The number of nitrogens with zero attached hydrogens (tertiary/aromatic N) is 5. The number of amidine groups is 1. The molecule has 0 bridgehead atoms. The van der Waals surface area contributed by atoms with Crippen molar-refractivity contribution in [3.63, 3.8) is 0 Å². The standard InChI is InChI=1S/C42H59N13O9/c1-23(2)20-30(44)36(57)46-17-7-6-13-32(50-38(59)33-14-9-19-53(33)41(62)29(43)12-8-18-47-42(45)52-55(63)64)37(58)51-34(24(3)56)39(60)48-26-15-16-31-25(21-26)22-54-35(49-31)27-10-4-5-11-28(27)40(54)61/h4-5,10-11,15-16,21,23-24,29-30,32-34,56H,6-9,12-14,17-20,22,43-44H2,1-3H3,(H,46,57)(H,48,60)(H,50,59)(H,51,58)(H3,45,47,52)/t24-,29+,30+,32+,33+,34+/m1/s1. The van der Waals surface area contributed by atoms with Gasteiger partial charge in [0.05, 0.1) is 36.0 Å². The number of likely N-dealkylation sites (tertiary alicyclic amines) is 1. The van der Waals surface area contributed by atoms with E-state index in [0.29, 0.717) is 60.4 Å². The van der Waals surface area contributed by atoms with Crippen molar-refractivity contribution in [1.82, 2.24) is 31.2 Å². The van der Waals surface area contributed by atoms with Gasteiger partial charge in [-0.2, -0.15) is 0 Å². The lowest BCUT2D eigenvalue weighted by atomic mass is 10.0. The zero-order valence-electron chi connectivity index (χ0n) is 36.2. The summed E-state index contributed by atoms with van der Waals surface area (Å²) in [6.45, 7) is 6.02. The second-order valence-electron chi connectivity index (χ2n) is 16.6. The third-order valence-electron chi connectivity index (χ3n) is 11.1. The van der Waals surface area contributed by atoms with Crippen LogP contribution in [0, 0.1) is 16.0 Å². The number of rotatable bonds is 21. The van der Waals surface area contributed by atoms with Gasteiger partial charge in [0, 0.05) is 30.9 Å². The maximum atomic E-state index is 14.0. The molecule has 1 saturated heterocycles. The fourth-order valence-electron chi connectivity index (χ4n) is 7.83. The minimum absolute atomic E-state index is 0.0635. The summed E-state index contributed by atoms with van der Waals surface area (Å²) in [7, 11) is 0. The number of benzene rings is 2. The van der Waals surface area contributed by atoms with Crippen molar-refractivity contribution in [2.24, 2.45) is 33.1 Å². The lowest BCUT2D eigenvalue weighted by molar-refractivity contribution is -0.525. The number of carbonyl (C=O) groups is 6. The number of aliphatic hydroxyl groups is 1. The second kappa shape index (κ2) is 22.2. The number of unbranched alkanes of at least 4 members (excludes halogenated alkanes) is 1. The number of anilines is 1. The number of guanidine groups is 1. The number of aliphatic hydroxyl groups excluding tert-OH is 1. The molecule has 346 valence electrons. The first-order valence-electron chi connectivity index (χ1n) is 21.5. The van der Waals surface area contributed by atoms with Crippen molar-refractivity contribution in [2.45, 2.75) is 115 Å². The molecule has 0 unspecified atom stereocenters. The van der Waals surface area contributed by atoms with E-state index in [9.17, 15) is 44.0 Å². The summed E-state index contributed by atoms with van der Waals surface area (Å²) in [4.78, 5) is 103. The highest BCUT2D eigenvalue weighted by atomic mass is 16.7. The first kappa shape index (κ1) is 48.5. The fraction of sp³-hybridized carbons (Fsp3) is 0.524. The number of hydrogen-bond donors (Lipinski definition) is 9. The molecule has 3 aliphatic rings. The lowest BCUT2D eigenvalue weighted by Gasteiger charge is -2.29. The Balaban J connectivity index is 1.24. The summed E-state index contributed by atoms with van der Waals surface area (Å²) >= 11 is 0. The minimum Gasteiger partial charge on any atom is -0.391 e. The number of fused-ring (bicyclic) bond motifs is 4. The molecule has 0 aliphatic carbocycles. The van der Waals surface area contributed by atoms with Crippen molar-refractivity contribution < 1.29 is 38.9 Å². The first-order valence-corrected chi connectivity index (χ1v) is 21.5. The normalized spacial score (nSPS) is 17.8. The van der Waals surface area contributed by atoms with Crippen LogP contribution in [0.25, 0.3) is 0 Å². The maximum Gasteiger partial charge on any atom is 0.260 e. The zero-order chi connectivity index (χ0) is 46.7. The smallest absolute Gasteiger partial charge is 0.260 e. The molecule has 1 fully saturated rings. The van der Waals surface area contributed by atoms with Gasteiger partial charge in [0.25, 0.3) is 11.9 Å². The molecule has 0 saturated carbocycles. The van der Waals surface area contributed by atoms with Crippen LogP contribution in [0.3, 0.4) is 0 Å². The monoisotopic (exact) mass is 889 g/mol. The Labute approximate surface area is 370 Å². The quantitative estimate of drug-likeness (QED) is 0.0260. The van der Waals surface area contributed by atoms with Crippen LogP contribution in [0.2, 0.25) is 0 Å². The van der Waals surface area contributed by atoms with Crippen LogP contribution >= 0.6 is 0 Å². The predicted molar refractivity (Wildman–Crippen MR) is 236 cm³/mol. The number of nitrogens with two attached hydrogens (primary N) is 3. The van der Waals surface area contributed by atoms with Crippen molar-refractivity contribution in [3.05, 3.63) is 69.3 Å². The van der Waals surface area contributed by atoms with Gasteiger partial charge in [-0.05, 0) is 94.0 Å². The molecule has 2 aromatic carbocycles. The molecule has 6 atom stereocenters. The number of amides is 6. The lowest BCUT2D eigenvalue weighted by Crippen LogP contribution is -2.58. The Morgan fingerprint density at radius 3 is 2.41 bits per heavy atom. The molecule has 5 rings (SSSR count). The maximum absolute atomic E-state index is 14.0. The summed E-state index contributed by atoms with van der Waals surface area (Å²) in [5.74, 6) is -2.74. The van der Waals surface area contributed by atoms with Crippen molar-refractivity contribution >= 4 is 58.6 Å². The van der Waals surface area contributed by atoms with E-state index in [1.54, 1.807) is 40.7 Å². The fourth-order valence-corrected chi connectivity index (χ4v) is 7.83. The molecule has 12 N–H and O–H groups in total. The van der Waals surface area contributed by atoms with E-state index < -0.39 is 70.9 Å². The Morgan fingerprint density at radius 1 is 0.969 bits per heavy atom. The van der Waals surface area contributed by atoms with E-state index in [4.69, 9.17) is 22.2 Å². The molecule has 64 heavy (non-hydrogen) atoms. The number of nitro groups is 1. The molecule has 3 aliphatic heterocycles. The summed E-state index contributed by atoms with van der Waals surface area (Å²) in [5, 5.41) is 31.3. The van der Waals surface area contributed by atoms with Crippen molar-refractivity contribution in [3.8, 4) is 0 Å². The highest BCUT2D eigenvalue weighted by Gasteiger charge is 2.39. The Hall–Kier alpha value is -6.52. The number of aliphatic imine (C=N–C) groups is 2. The summed E-state index contributed by atoms with van der Waals surface area (Å²) in [6.07, 6.45) is 1.16. The van der Waals surface area contributed by atoms with Gasteiger partial charge in [0.2, 0.25) is 29.5 Å². The predicted octanol–water partition coefficient (Wildman–Crippen LogP) is -0.122. The molecular weight excluding hydrogens is 831 g/mol. The topological polar surface area (TPSA) is 335 Å². The van der Waals surface area contributed by atoms with Gasteiger partial charge < -0.3 is 48.5 Å². The molecular formula is C42H59N13O9. The van der Waals surface area contributed by atoms with Gasteiger partial charge in [0.1, 0.15) is 24.0 Å². The van der Waals surface area contributed by atoms with Gasteiger partial charge in [0.15, 0.2) is 5.03 Å². The number of nitrogens with one attached hydrogen (secondary N) is 5. The van der Waals surface area contributed by atoms with Gasteiger partial charge >= 0.3 is 0 Å². The molecule has 0 aromatic heterocycles. The van der Waals surface area contributed by atoms with Crippen LogP contribution in [-0.4, -0.2) is 123 Å². The largest absolute Gasteiger partial charge is 0.391 e. The molecule has 2 aromatic rings. The molecule has 0 spiro atoms. The van der Waals surface area contributed by atoms with Crippen molar-refractivity contribution in [2.75, 3.05) is 25.0 Å². The summed E-state index contributed by atoms with van der Waals surface area (Å²) < 4.78 is 0. The highest BCUT2D eigenvalue weighted by Crippen LogP contribution is 2.35. The average Bonchev–Trinajstić information content (AvgIpc) is 3.84. The Kier molecular flexibility index (Phi) is 16.8. The van der Waals surface area contributed by atoms with Crippen LogP contribution in [0.5, 0.6) is 0 Å². The zero-order valence-corrected chi connectivity index (χ0v) is 36.2. The van der Waals surface area contributed by atoms with Gasteiger partial charge in [-0.3, -0.25) is 33.7 Å². The SMILES string of the molecule is CC(C)C[C@H](N)C(=O)NCCCC[C@H](NC(=O)[C@@H]1CCCN1C(=O)[C@@H](N)CCCN=C(N)N[N+](=O)[O-])C(=O)N[C@H](C(=O)Nc1ccc2c(c1)CN1C(=O)c3ccccc3C1=N2)[C@@H](C)O. The van der Waals surface area contributed by atoms with Crippen LogP contribution in [0.15, 0.2) is 52.4 Å². The highest BCUT2D eigenvalue weighted by molar-refractivity contribution is 6.24. The van der Waals surface area contributed by atoms with Crippen LogP contribution < -0.4 is 43.9 Å². The van der Waals surface area contributed by atoms with Crippen LogP contribution in [-0.2, 0) is 30.5 Å². The minimum atomic E-state index is -1.47. The molecule has 22 heteroatoms. The van der Waals surface area contributed by atoms with Crippen LogP contribution in [0.1, 0.15) is 93.6 Å². The molecule has 6 amide bonds. The molecule has 22 nitrogen and oxygen atoms in total. The number of carbonyl (C=O) groups excluding carboxylic acids is 6. The summed E-state index contributed by atoms with van der Waals surface area (Å²) in [5.41, 5.74) is 22.3. The van der Waals surface area contributed by atoms with Gasteiger partial charge in [-0.15, -0.1) is 0 Å². The van der Waals surface area contributed by atoms with E-state index in [1.807, 2.05) is 26.0 Å². The van der Waals surface area contributed by atoms with E-state index in [1.165, 1.54) is 11.8 Å². The average molecular weight is 890 g/mol.